The number of nitrogens with zero attached hydrogens (tertiary/aromatic N) is 3. The van der Waals surface area contributed by atoms with Crippen LogP contribution in [0.5, 0.6) is 0 Å². The minimum absolute atomic E-state index is 0. The van der Waals surface area contributed by atoms with Crippen LogP contribution in [0.2, 0.25) is 0 Å². The molecular weight excluding hydrogens is 457 g/mol. The van der Waals surface area contributed by atoms with Gasteiger partial charge in [-0.25, -0.2) is 4.79 Å². The average molecular weight is 489 g/mol. The van der Waals surface area contributed by atoms with Crippen LogP contribution in [-0.4, -0.2) is 60.8 Å². The number of nitrogens with one attached hydrogen (secondary N) is 2. The zero-order valence-electron chi connectivity index (χ0n) is 16.5. The quantitative estimate of drug-likeness (QED) is 0.365. The Balaban J connectivity index is 0.00000364. The van der Waals surface area contributed by atoms with E-state index in [0.29, 0.717) is 25.7 Å². The topological polar surface area (TPSA) is 78.9 Å². The Morgan fingerprint density at radius 1 is 1.37 bits per heavy atom. The molecule has 2 N–H and O–H groups in total. The summed E-state index contributed by atoms with van der Waals surface area (Å²) in [7, 11) is 0. The van der Waals surface area contributed by atoms with Crippen molar-refractivity contribution in [1.29, 1.82) is 0 Å². The van der Waals surface area contributed by atoms with E-state index >= 15 is 0 Å². The molecule has 0 radical (unpaired) electrons. The summed E-state index contributed by atoms with van der Waals surface area (Å²) < 4.78 is 5.07. The first-order valence-corrected chi connectivity index (χ1v) is 9.50. The maximum atomic E-state index is 11.8. The summed E-state index contributed by atoms with van der Waals surface area (Å²) in [6.07, 6.45) is 6.19. The Labute approximate surface area is 179 Å². The molecular formula is C19H32IN5O2. The third kappa shape index (κ3) is 7.90. The molecule has 1 aliphatic rings. The second kappa shape index (κ2) is 12.7. The highest BCUT2D eigenvalue weighted by Crippen LogP contribution is 2.11. The monoisotopic (exact) mass is 489 g/mol. The molecule has 0 atom stereocenters. The van der Waals surface area contributed by atoms with Crippen molar-refractivity contribution < 1.29 is 9.53 Å². The molecule has 1 amide bonds. The third-order valence-corrected chi connectivity index (χ3v) is 4.49. The van der Waals surface area contributed by atoms with Crippen LogP contribution in [-0.2, 0) is 11.2 Å². The lowest BCUT2D eigenvalue weighted by Crippen LogP contribution is -2.50. The molecule has 152 valence electrons. The van der Waals surface area contributed by atoms with E-state index in [2.05, 4.69) is 35.5 Å². The summed E-state index contributed by atoms with van der Waals surface area (Å²) >= 11 is 0. The Bertz CT molecular complexity index is 604. The largest absolute Gasteiger partial charge is 0.450 e. The SMILES string of the molecule is CCNC(=NCCc1ccncc1C)NC1CCN(C(=O)OCC)CC1.I. The lowest BCUT2D eigenvalue weighted by molar-refractivity contribution is 0.0963. The van der Waals surface area contributed by atoms with Crippen LogP contribution in [0.25, 0.3) is 0 Å². The number of pyridine rings is 1. The van der Waals surface area contributed by atoms with E-state index in [0.717, 1.165) is 38.3 Å². The van der Waals surface area contributed by atoms with Gasteiger partial charge in [0, 0.05) is 44.6 Å². The Morgan fingerprint density at radius 2 is 2.11 bits per heavy atom. The van der Waals surface area contributed by atoms with Crippen LogP contribution < -0.4 is 10.6 Å². The molecule has 1 saturated heterocycles. The highest BCUT2D eigenvalue weighted by atomic mass is 127. The summed E-state index contributed by atoms with van der Waals surface area (Å²) in [6, 6.07) is 2.37. The molecule has 0 saturated carbocycles. The van der Waals surface area contributed by atoms with E-state index in [1.54, 1.807) is 4.90 Å². The molecule has 2 rings (SSSR count). The number of halogens is 1. The van der Waals surface area contributed by atoms with Gasteiger partial charge in [0.15, 0.2) is 5.96 Å². The first-order chi connectivity index (χ1) is 12.6. The number of hydrogen-bond donors (Lipinski definition) is 2. The van der Waals surface area contributed by atoms with Crippen molar-refractivity contribution >= 4 is 36.0 Å². The zero-order chi connectivity index (χ0) is 18.8. The number of aryl methyl sites for hydroxylation is 1. The molecule has 7 nitrogen and oxygen atoms in total. The predicted octanol–water partition coefficient (Wildman–Crippen LogP) is 2.73. The van der Waals surface area contributed by atoms with Gasteiger partial charge < -0.3 is 20.3 Å². The molecule has 0 bridgehead atoms. The summed E-state index contributed by atoms with van der Waals surface area (Å²) in [5.74, 6) is 0.841. The van der Waals surface area contributed by atoms with Crippen molar-refractivity contribution in [3.05, 3.63) is 29.6 Å². The van der Waals surface area contributed by atoms with E-state index in [4.69, 9.17) is 9.73 Å². The number of guanidine groups is 1. The number of piperidine rings is 1. The maximum Gasteiger partial charge on any atom is 0.409 e. The van der Waals surface area contributed by atoms with Crippen molar-refractivity contribution in [3.63, 3.8) is 0 Å². The standard InChI is InChI=1S/C19H31N5O2.HI/c1-4-21-18(22-11-7-16-6-10-20-14-15(16)3)23-17-8-12-24(13-9-17)19(25)26-5-2;/h6,10,14,17H,4-5,7-9,11-13H2,1-3H3,(H2,21,22,23);1H. The number of ether oxygens (including phenoxy) is 1. The van der Waals surface area contributed by atoms with E-state index in [1.165, 1.54) is 11.1 Å². The van der Waals surface area contributed by atoms with E-state index in [-0.39, 0.29) is 30.1 Å². The van der Waals surface area contributed by atoms with Gasteiger partial charge >= 0.3 is 6.09 Å². The molecule has 1 aromatic heterocycles. The average Bonchev–Trinajstić information content (AvgIpc) is 2.64. The molecule has 1 aliphatic heterocycles. The minimum atomic E-state index is -0.209. The summed E-state index contributed by atoms with van der Waals surface area (Å²) in [5.41, 5.74) is 2.48. The third-order valence-electron chi connectivity index (χ3n) is 4.49. The van der Waals surface area contributed by atoms with Gasteiger partial charge in [-0.2, -0.15) is 0 Å². The molecule has 2 heterocycles. The number of likely N-dealkylation sites (tertiary alicyclic amines) is 1. The first-order valence-electron chi connectivity index (χ1n) is 9.50. The van der Waals surface area contributed by atoms with Crippen molar-refractivity contribution in [3.8, 4) is 0 Å². The van der Waals surface area contributed by atoms with Crippen molar-refractivity contribution in [2.75, 3.05) is 32.8 Å². The van der Waals surface area contributed by atoms with Crippen LogP contribution in [0.15, 0.2) is 23.5 Å². The number of aromatic nitrogens is 1. The lowest BCUT2D eigenvalue weighted by Gasteiger charge is -2.32. The highest BCUT2D eigenvalue weighted by Gasteiger charge is 2.23. The fourth-order valence-corrected chi connectivity index (χ4v) is 3.01. The fourth-order valence-electron chi connectivity index (χ4n) is 3.01. The zero-order valence-corrected chi connectivity index (χ0v) is 18.9. The number of carbonyl (C=O) groups is 1. The highest BCUT2D eigenvalue weighted by molar-refractivity contribution is 14.0. The number of aliphatic imine (C=N–C) groups is 1. The van der Waals surface area contributed by atoms with Gasteiger partial charge in [0.2, 0.25) is 0 Å². The Hall–Kier alpha value is -1.58. The fraction of sp³-hybridized carbons (Fsp3) is 0.632. The van der Waals surface area contributed by atoms with Gasteiger partial charge in [-0.15, -0.1) is 24.0 Å². The predicted molar refractivity (Wildman–Crippen MR) is 119 cm³/mol. The molecule has 0 unspecified atom stereocenters. The molecule has 0 spiro atoms. The Kier molecular flexibility index (Phi) is 11.1. The Morgan fingerprint density at radius 3 is 2.74 bits per heavy atom. The molecule has 0 aliphatic carbocycles. The van der Waals surface area contributed by atoms with Gasteiger partial charge in [-0.3, -0.25) is 9.98 Å². The molecule has 0 aromatic carbocycles. The number of amides is 1. The van der Waals surface area contributed by atoms with Crippen LogP contribution >= 0.6 is 24.0 Å². The van der Waals surface area contributed by atoms with Crippen molar-refractivity contribution in [2.24, 2.45) is 4.99 Å². The minimum Gasteiger partial charge on any atom is -0.450 e. The van der Waals surface area contributed by atoms with Crippen LogP contribution in [0.4, 0.5) is 4.79 Å². The van der Waals surface area contributed by atoms with E-state index in [9.17, 15) is 4.79 Å². The lowest BCUT2D eigenvalue weighted by atomic mass is 10.1. The molecule has 27 heavy (non-hydrogen) atoms. The smallest absolute Gasteiger partial charge is 0.409 e. The molecule has 8 heteroatoms. The van der Waals surface area contributed by atoms with Crippen LogP contribution in [0.3, 0.4) is 0 Å². The second-order valence-corrected chi connectivity index (χ2v) is 6.42. The number of rotatable bonds is 6. The number of hydrogen-bond acceptors (Lipinski definition) is 4. The maximum absolute atomic E-state index is 11.8. The molecule has 1 fully saturated rings. The number of carbonyl (C=O) groups excluding carboxylic acids is 1. The van der Waals surface area contributed by atoms with Crippen LogP contribution in [0.1, 0.15) is 37.8 Å². The van der Waals surface area contributed by atoms with Gasteiger partial charge in [-0.1, -0.05) is 0 Å². The van der Waals surface area contributed by atoms with Gasteiger partial charge in [0.1, 0.15) is 0 Å². The normalized spacial score (nSPS) is 15.1. The summed E-state index contributed by atoms with van der Waals surface area (Å²) in [4.78, 5) is 22.4. The van der Waals surface area contributed by atoms with E-state index in [1.807, 2.05) is 19.3 Å². The summed E-state index contributed by atoms with van der Waals surface area (Å²) in [6.45, 7) is 9.37. The first kappa shape index (κ1) is 23.5. The van der Waals surface area contributed by atoms with E-state index < -0.39 is 0 Å². The van der Waals surface area contributed by atoms with Crippen molar-refractivity contribution in [1.82, 2.24) is 20.5 Å². The second-order valence-electron chi connectivity index (χ2n) is 6.42. The summed E-state index contributed by atoms with van der Waals surface area (Å²) in [5, 5.41) is 6.80. The van der Waals surface area contributed by atoms with Gasteiger partial charge in [0.05, 0.1) is 6.61 Å². The molecule has 1 aromatic rings. The van der Waals surface area contributed by atoms with Gasteiger partial charge in [0.25, 0.3) is 0 Å². The van der Waals surface area contributed by atoms with Gasteiger partial charge in [-0.05, 0) is 57.2 Å². The van der Waals surface area contributed by atoms with Crippen molar-refractivity contribution in [2.45, 2.75) is 46.1 Å². The van der Waals surface area contributed by atoms with Crippen LogP contribution in [0, 0.1) is 6.92 Å².